The van der Waals surface area contributed by atoms with Crippen LogP contribution in [0.2, 0.25) is 0 Å². The summed E-state index contributed by atoms with van der Waals surface area (Å²) in [5, 5.41) is 22.4. The maximum atomic E-state index is 11.6. The fourth-order valence-electron chi connectivity index (χ4n) is 1.62. The Kier molecular flexibility index (Phi) is 5.34. The van der Waals surface area contributed by atoms with Gasteiger partial charge < -0.3 is 10.4 Å². The molecule has 0 atom stereocenters. The number of hydrogen-bond donors (Lipinski definition) is 2. The van der Waals surface area contributed by atoms with Crippen molar-refractivity contribution in [2.24, 2.45) is 0 Å². The molecule has 0 radical (unpaired) electrons. The summed E-state index contributed by atoms with van der Waals surface area (Å²) in [4.78, 5) is 23.1. The lowest BCUT2D eigenvalue weighted by Gasteiger charge is -2.03. The first-order valence-electron chi connectivity index (χ1n) is 5.78. The zero-order valence-corrected chi connectivity index (χ0v) is 13.0. The highest BCUT2D eigenvalue weighted by molar-refractivity contribution is 8.26. The zero-order valence-electron chi connectivity index (χ0n) is 10.6. The van der Waals surface area contributed by atoms with Crippen molar-refractivity contribution in [2.45, 2.75) is 4.90 Å². The summed E-state index contributed by atoms with van der Waals surface area (Å²) in [5.74, 6) is 0.0831. The Morgan fingerprint density at radius 3 is 2.86 bits per heavy atom. The molecule has 0 aliphatic carbocycles. The normalized spacial score (nSPS) is 16.3. The van der Waals surface area contributed by atoms with Crippen LogP contribution in [0.1, 0.15) is 5.56 Å². The Balaban J connectivity index is 2.32. The summed E-state index contributed by atoms with van der Waals surface area (Å²) in [5.41, 5.74) is 0.506. The Bertz CT molecular complexity index is 645. The molecule has 1 aliphatic rings. The van der Waals surface area contributed by atoms with Gasteiger partial charge in [-0.3, -0.25) is 14.9 Å². The summed E-state index contributed by atoms with van der Waals surface area (Å²) < 4.78 is 0.371. The van der Waals surface area contributed by atoms with Gasteiger partial charge in [0.25, 0.3) is 11.6 Å². The smallest absolute Gasteiger partial charge is 0.283 e. The van der Waals surface area contributed by atoms with E-state index in [1.807, 2.05) is 0 Å². The van der Waals surface area contributed by atoms with Gasteiger partial charge in [0, 0.05) is 11.8 Å². The first-order valence-corrected chi connectivity index (χ1v) is 7.99. The molecule has 9 heteroatoms. The molecule has 0 unspecified atom stereocenters. The fourth-order valence-corrected chi connectivity index (χ4v) is 3.42. The number of aliphatic hydroxyl groups is 1. The number of nitro groups is 1. The van der Waals surface area contributed by atoms with Gasteiger partial charge >= 0.3 is 0 Å². The number of nitrogens with zero attached hydrogens (tertiary/aromatic N) is 1. The van der Waals surface area contributed by atoms with Gasteiger partial charge in [0.05, 0.1) is 21.3 Å². The van der Waals surface area contributed by atoms with E-state index >= 15 is 0 Å². The highest BCUT2D eigenvalue weighted by Crippen LogP contribution is 2.32. The van der Waals surface area contributed by atoms with Gasteiger partial charge in [0.15, 0.2) is 0 Å². The van der Waals surface area contributed by atoms with E-state index in [2.05, 4.69) is 5.32 Å². The van der Waals surface area contributed by atoms with Crippen LogP contribution in [0.25, 0.3) is 6.08 Å². The van der Waals surface area contributed by atoms with Gasteiger partial charge in [-0.25, -0.2) is 0 Å². The van der Waals surface area contributed by atoms with Crippen molar-refractivity contribution in [3.8, 4) is 0 Å². The molecule has 110 valence electrons. The molecular weight excluding hydrogens is 332 g/mol. The number of thioether (sulfide) groups is 2. The number of carbonyl (C=O) groups is 1. The minimum atomic E-state index is -0.478. The predicted molar refractivity (Wildman–Crippen MR) is 87.2 cm³/mol. The quantitative estimate of drug-likeness (QED) is 0.278. The summed E-state index contributed by atoms with van der Waals surface area (Å²) in [6.07, 6.45) is 1.56. The second-order valence-corrected chi connectivity index (χ2v) is 6.76. The third kappa shape index (κ3) is 4.03. The molecule has 2 rings (SSSR count). The van der Waals surface area contributed by atoms with Crippen LogP contribution < -0.4 is 5.32 Å². The van der Waals surface area contributed by atoms with Crippen molar-refractivity contribution in [1.82, 2.24) is 5.32 Å². The van der Waals surface area contributed by atoms with Crippen molar-refractivity contribution in [3.05, 3.63) is 38.8 Å². The largest absolute Gasteiger partial charge is 0.396 e. The second-order valence-electron chi connectivity index (χ2n) is 3.91. The van der Waals surface area contributed by atoms with E-state index in [9.17, 15) is 14.9 Å². The topological polar surface area (TPSA) is 92.5 Å². The first-order chi connectivity index (χ1) is 10.0. The van der Waals surface area contributed by atoms with Gasteiger partial charge in [-0.05, 0) is 17.7 Å². The van der Waals surface area contributed by atoms with Gasteiger partial charge in [-0.2, -0.15) is 0 Å². The summed E-state index contributed by atoms with van der Waals surface area (Å²) in [6.45, 7) is -0.0537. The van der Waals surface area contributed by atoms with E-state index < -0.39 is 4.92 Å². The highest BCUT2D eigenvalue weighted by atomic mass is 32.2. The molecular formula is C12H10N2O4S3. The van der Waals surface area contributed by atoms with E-state index in [0.29, 0.717) is 25.4 Å². The standard InChI is InChI=1S/C12H10N2O4S3/c15-3-4-20-9-2-1-7(5-8(9)14(17)18)6-10-11(16)13-12(19)21-10/h1-2,5-6,15H,3-4H2,(H,13,16,19). The van der Waals surface area contributed by atoms with E-state index in [4.69, 9.17) is 17.3 Å². The lowest BCUT2D eigenvalue weighted by atomic mass is 10.2. The van der Waals surface area contributed by atoms with Crippen LogP contribution in [0.3, 0.4) is 0 Å². The molecule has 1 saturated heterocycles. The number of aliphatic hydroxyl groups excluding tert-OH is 1. The summed E-state index contributed by atoms with van der Waals surface area (Å²) in [6, 6.07) is 4.71. The van der Waals surface area contributed by atoms with E-state index in [-0.39, 0.29) is 18.2 Å². The summed E-state index contributed by atoms with van der Waals surface area (Å²) in [7, 11) is 0. The van der Waals surface area contributed by atoms with Crippen molar-refractivity contribution in [3.63, 3.8) is 0 Å². The number of nitro benzene ring substituents is 1. The Hall–Kier alpha value is -1.42. The van der Waals surface area contributed by atoms with Crippen LogP contribution in [-0.4, -0.2) is 32.6 Å². The second kappa shape index (κ2) is 7.03. The monoisotopic (exact) mass is 342 g/mol. The molecule has 0 bridgehead atoms. The Labute approximate surface area is 134 Å². The van der Waals surface area contributed by atoms with Crippen LogP contribution in [-0.2, 0) is 4.79 Å². The highest BCUT2D eigenvalue weighted by Gasteiger charge is 2.22. The number of rotatable bonds is 5. The van der Waals surface area contributed by atoms with Crippen molar-refractivity contribution < 1.29 is 14.8 Å². The van der Waals surface area contributed by atoms with Crippen LogP contribution in [0.5, 0.6) is 0 Å². The summed E-state index contributed by atoms with van der Waals surface area (Å²) >= 11 is 7.22. The maximum Gasteiger partial charge on any atom is 0.283 e. The maximum absolute atomic E-state index is 11.6. The molecule has 1 aliphatic heterocycles. The van der Waals surface area contributed by atoms with E-state index in [1.54, 1.807) is 18.2 Å². The van der Waals surface area contributed by atoms with E-state index in [0.717, 1.165) is 11.8 Å². The van der Waals surface area contributed by atoms with Crippen LogP contribution in [0.15, 0.2) is 28.0 Å². The molecule has 1 aromatic carbocycles. The Morgan fingerprint density at radius 2 is 2.29 bits per heavy atom. The first kappa shape index (κ1) is 16.0. The molecule has 0 spiro atoms. The number of amides is 1. The third-order valence-electron chi connectivity index (χ3n) is 2.47. The number of carbonyl (C=O) groups excluding carboxylic acids is 1. The van der Waals surface area contributed by atoms with Gasteiger partial charge in [-0.15, -0.1) is 11.8 Å². The number of nitrogens with one attached hydrogen (secondary N) is 1. The average molecular weight is 342 g/mol. The van der Waals surface area contributed by atoms with Crippen LogP contribution in [0, 0.1) is 10.1 Å². The number of benzene rings is 1. The van der Waals surface area contributed by atoms with Crippen LogP contribution >= 0.6 is 35.7 Å². The average Bonchev–Trinajstić information content (AvgIpc) is 2.75. The zero-order chi connectivity index (χ0) is 15.4. The molecule has 1 heterocycles. The third-order valence-corrected chi connectivity index (χ3v) is 4.67. The molecule has 2 N–H and O–H groups in total. The lowest BCUT2D eigenvalue weighted by molar-refractivity contribution is -0.387. The minimum absolute atomic E-state index is 0.0474. The van der Waals surface area contributed by atoms with Gasteiger partial charge in [-0.1, -0.05) is 30.0 Å². The SMILES string of the molecule is O=C1NC(=S)SC1=Cc1ccc(SCCO)c([N+](=O)[O-])c1. The van der Waals surface area contributed by atoms with Crippen molar-refractivity contribution in [1.29, 1.82) is 0 Å². The van der Waals surface area contributed by atoms with Crippen molar-refractivity contribution >= 4 is 57.7 Å². The molecule has 21 heavy (non-hydrogen) atoms. The molecule has 1 amide bonds. The predicted octanol–water partition coefficient (Wildman–Crippen LogP) is 2.17. The van der Waals surface area contributed by atoms with E-state index in [1.165, 1.54) is 17.8 Å². The Morgan fingerprint density at radius 1 is 1.52 bits per heavy atom. The number of hydrogen-bond acceptors (Lipinski definition) is 7. The molecule has 0 aromatic heterocycles. The number of thiocarbonyl (C=S) groups is 1. The molecule has 1 aromatic rings. The molecule has 6 nitrogen and oxygen atoms in total. The fraction of sp³-hybridized carbons (Fsp3) is 0.167. The van der Waals surface area contributed by atoms with Crippen LogP contribution in [0.4, 0.5) is 5.69 Å². The minimum Gasteiger partial charge on any atom is -0.396 e. The molecule has 0 saturated carbocycles. The van der Waals surface area contributed by atoms with Gasteiger partial charge in [0.1, 0.15) is 4.32 Å². The lowest BCUT2D eigenvalue weighted by Crippen LogP contribution is -2.17. The van der Waals surface area contributed by atoms with Gasteiger partial charge in [0.2, 0.25) is 0 Å². The van der Waals surface area contributed by atoms with Crippen molar-refractivity contribution in [2.75, 3.05) is 12.4 Å². The molecule has 1 fully saturated rings.